The Labute approximate surface area is 158 Å². The van der Waals surface area contributed by atoms with E-state index in [-0.39, 0.29) is 5.91 Å². The summed E-state index contributed by atoms with van der Waals surface area (Å²) in [5.74, 6) is 0.131. The van der Waals surface area contributed by atoms with Crippen LogP contribution in [-0.4, -0.2) is 16.7 Å². The third-order valence-corrected chi connectivity index (χ3v) is 4.42. The van der Waals surface area contributed by atoms with Crippen molar-refractivity contribution in [2.24, 2.45) is 5.10 Å². The number of benzene rings is 1. The van der Waals surface area contributed by atoms with Crippen molar-refractivity contribution >= 4 is 39.7 Å². The van der Waals surface area contributed by atoms with Crippen LogP contribution in [0, 0.1) is 13.8 Å². The molecule has 0 atom stereocenters. The highest BCUT2D eigenvalue weighted by Gasteiger charge is 2.12. The number of carbonyl (C=O) groups is 1. The van der Waals surface area contributed by atoms with Crippen molar-refractivity contribution in [1.29, 1.82) is 0 Å². The van der Waals surface area contributed by atoms with Gasteiger partial charge in [-0.3, -0.25) is 4.79 Å². The number of hydrogen-bond donors (Lipinski definition) is 1. The number of aromatic nitrogens is 1. The molecule has 1 amide bonds. The zero-order valence-corrected chi connectivity index (χ0v) is 15.9. The van der Waals surface area contributed by atoms with Gasteiger partial charge in [0, 0.05) is 17.1 Å². The van der Waals surface area contributed by atoms with Gasteiger partial charge in [0.15, 0.2) is 4.67 Å². The molecule has 3 rings (SSSR count). The van der Waals surface area contributed by atoms with Crippen LogP contribution in [0.1, 0.15) is 27.5 Å². The molecule has 1 aromatic carbocycles. The second-order valence-corrected chi connectivity index (χ2v) is 6.65. The summed E-state index contributed by atoms with van der Waals surface area (Å²) >= 11 is 9.49. The number of carbonyl (C=O) groups excluding carboxylic acids is 1. The van der Waals surface area contributed by atoms with E-state index in [1.807, 2.05) is 32.0 Å². The largest absolute Gasteiger partial charge is 0.448 e. The van der Waals surface area contributed by atoms with Gasteiger partial charge in [-0.1, -0.05) is 11.6 Å². The Balaban J connectivity index is 1.76. The molecule has 0 saturated heterocycles. The highest BCUT2D eigenvalue weighted by atomic mass is 79.9. The summed E-state index contributed by atoms with van der Waals surface area (Å²) in [5.41, 5.74) is 5.89. The van der Waals surface area contributed by atoms with Crippen molar-refractivity contribution in [1.82, 2.24) is 9.99 Å². The van der Waals surface area contributed by atoms with Crippen LogP contribution in [0.4, 0.5) is 0 Å². The summed E-state index contributed by atoms with van der Waals surface area (Å²) in [4.78, 5) is 12.2. The molecule has 128 valence electrons. The second kappa shape index (κ2) is 7.29. The van der Waals surface area contributed by atoms with Gasteiger partial charge in [0.25, 0.3) is 5.91 Å². The Kier molecular flexibility index (Phi) is 5.11. The third kappa shape index (κ3) is 3.86. The smallest absolute Gasteiger partial charge is 0.272 e. The van der Waals surface area contributed by atoms with Gasteiger partial charge >= 0.3 is 0 Å². The molecule has 5 nitrogen and oxygen atoms in total. The lowest BCUT2D eigenvalue weighted by Crippen LogP contribution is -2.18. The molecule has 2 heterocycles. The maximum atomic E-state index is 12.2. The van der Waals surface area contributed by atoms with Gasteiger partial charge < -0.3 is 8.98 Å². The predicted octanol–water partition coefficient (Wildman–Crippen LogP) is 4.87. The Morgan fingerprint density at radius 1 is 1.20 bits per heavy atom. The molecule has 0 unspecified atom stereocenters. The summed E-state index contributed by atoms with van der Waals surface area (Å²) < 4.78 is 7.92. The van der Waals surface area contributed by atoms with Gasteiger partial charge in [-0.15, -0.1) is 0 Å². The van der Waals surface area contributed by atoms with Crippen LogP contribution in [0.25, 0.3) is 5.69 Å². The first-order valence-corrected chi connectivity index (χ1v) is 8.66. The van der Waals surface area contributed by atoms with Gasteiger partial charge in [-0.25, -0.2) is 5.43 Å². The number of halogens is 2. The summed E-state index contributed by atoms with van der Waals surface area (Å²) in [6.45, 7) is 4.03. The minimum absolute atomic E-state index is 0.352. The molecular formula is C18H15BrClN3O2. The van der Waals surface area contributed by atoms with Crippen LogP contribution in [0.3, 0.4) is 0 Å². The van der Waals surface area contributed by atoms with Crippen molar-refractivity contribution in [2.75, 3.05) is 0 Å². The van der Waals surface area contributed by atoms with E-state index in [1.165, 1.54) is 6.21 Å². The molecule has 0 aliphatic carbocycles. The molecule has 3 aromatic rings. The average molecular weight is 421 g/mol. The van der Waals surface area contributed by atoms with Crippen LogP contribution >= 0.6 is 27.5 Å². The predicted molar refractivity (Wildman–Crippen MR) is 102 cm³/mol. The Morgan fingerprint density at radius 3 is 2.52 bits per heavy atom. The van der Waals surface area contributed by atoms with Crippen molar-refractivity contribution < 1.29 is 9.21 Å². The van der Waals surface area contributed by atoms with Crippen LogP contribution in [0.15, 0.2) is 56.7 Å². The van der Waals surface area contributed by atoms with Crippen molar-refractivity contribution in [3.8, 4) is 5.69 Å². The average Bonchev–Trinajstić information content (AvgIpc) is 3.12. The van der Waals surface area contributed by atoms with Gasteiger partial charge in [0.05, 0.1) is 16.8 Å². The Morgan fingerprint density at radius 2 is 1.92 bits per heavy atom. The number of furan rings is 1. The molecule has 25 heavy (non-hydrogen) atoms. The summed E-state index contributed by atoms with van der Waals surface area (Å²) in [6.07, 6.45) is 1.41. The number of aryl methyl sites for hydroxylation is 2. The first-order chi connectivity index (χ1) is 12.0. The number of hydrazone groups is 1. The number of amides is 1. The minimum Gasteiger partial charge on any atom is -0.448 e. The van der Waals surface area contributed by atoms with E-state index in [0.29, 0.717) is 21.0 Å². The van der Waals surface area contributed by atoms with Crippen LogP contribution in [0.5, 0.6) is 0 Å². The standard InChI is InChI=1S/C18H15BrClN3O2/c1-11-3-4-12(2)23(11)13-5-7-15(16(20)9-13)18(24)22-21-10-14-6-8-17(19)25-14/h3-10H,1-2H3,(H,22,24)/b21-10-. The Bertz CT molecular complexity index is 940. The maximum Gasteiger partial charge on any atom is 0.272 e. The second-order valence-electron chi connectivity index (χ2n) is 5.46. The van der Waals surface area contributed by atoms with Gasteiger partial charge in [0.2, 0.25) is 0 Å². The maximum absolute atomic E-state index is 12.2. The monoisotopic (exact) mass is 419 g/mol. The molecule has 7 heteroatoms. The SMILES string of the molecule is Cc1ccc(C)n1-c1ccc(C(=O)N/N=C\c2ccc(Br)o2)c(Cl)c1. The minimum atomic E-state index is -0.389. The molecule has 1 N–H and O–H groups in total. The molecule has 2 aromatic heterocycles. The molecular weight excluding hydrogens is 406 g/mol. The van der Waals surface area contributed by atoms with E-state index in [9.17, 15) is 4.79 Å². The fourth-order valence-electron chi connectivity index (χ4n) is 2.52. The zero-order chi connectivity index (χ0) is 18.0. The summed E-state index contributed by atoms with van der Waals surface area (Å²) in [7, 11) is 0. The number of nitrogens with zero attached hydrogens (tertiary/aromatic N) is 2. The number of hydrogen-bond acceptors (Lipinski definition) is 3. The fourth-order valence-corrected chi connectivity index (χ4v) is 3.10. The van der Waals surface area contributed by atoms with Crippen LogP contribution in [-0.2, 0) is 0 Å². The summed E-state index contributed by atoms with van der Waals surface area (Å²) in [6, 6.07) is 12.8. The van der Waals surface area contributed by atoms with Gasteiger partial charge in [-0.2, -0.15) is 5.10 Å². The van der Waals surface area contributed by atoms with Gasteiger partial charge in [0.1, 0.15) is 5.76 Å². The summed E-state index contributed by atoms with van der Waals surface area (Å²) in [5, 5.41) is 4.23. The number of rotatable bonds is 4. The van der Waals surface area contributed by atoms with Crippen molar-refractivity contribution in [3.05, 3.63) is 74.9 Å². The van der Waals surface area contributed by atoms with E-state index in [0.717, 1.165) is 17.1 Å². The fraction of sp³-hybridized carbons (Fsp3) is 0.111. The van der Waals surface area contributed by atoms with E-state index >= 15 is 0 Å². The van der Waals surface area contributed by atoms with E-state index < -0.39 is 0 Å². The zero-order valence-electron chi connectivity index (χ0n) is 13.6. The first-order valence-electron chi connectivity index (χ1n) is 7.49. The first kappa shape index (κ1) is 17.5. The molecule has 0 fully saturated rings. The van der Waals surface area contributed by atoms with E-state index in [4.69, 9.17) is 16.0 Å². The lowest BCUT2D eigenvalue weighted by Gasteiger charge is -2.11. The van der Waals surface area contributed by atoms with Crippen molar-refractivity contribution in [2.45, 2.75) is 13.8 Å². The van der Waals surface area contributed by atoms with Gasteiger partial charge in [-0.05, 0) is 72.2 Å². The molecule has 0 radical (unpaired) electrons. The highest BCUT2D eigenvalue weighted by Crippen LogP contribution is 2.23. The van der Waals surface area contributed by atoms with Crippen LogP contribution < -0.4 is 5.43 Å². The number of nitrogens with one attached hydrogen (secondary N) is 1. The lowest BCUT2D eigenvalue weighted by atomic mass is 10.2. The van der Waals surface area contributed by atoms with E-state index in [1.54, 1.807) is 24.3 Å². The van der Waals surface area contributed by atoms with Crippen LogP contribution in [0.2, 0.25) is 5.02 Å². The topological polar surface area (TPSA) is 59.5 Å². The lowest BCUT2D eigenvalue weighted by molar-refractivity contribution is 0.0955. The van der Waals surface area contributed by atoms with Crippen molar-refractivity contribution in [3.63, 3.8) is 0 Å². The molecule has 0 spiro atoms. The van der Waals surface area contributed by atoms with E-state index in [2.05, 4.69) is 31.0 Å². The molecule has 0 aliphatic rings. The third-order valence-electron chi connectivity index (χ3n) is 3.68. The quantitative estimate of drug-likeness (QED) is 0.484. The Hall–Kier alpha value is -2.31. The highest BCUT2D eigenvalue weighted by molar-refractivity contribution is 9.10. The normalized spacial score (nSPS) is 11.2. The molecule has 0 bridgehead atoms. The molecule has 0 aliphatic heterocycles. The molecule has 0 saturated carbocycles.